The molecule has 0 saturated heterocycles. The van der Waals surface area contributed by atoms with Crippen LogP contribution in [-0.4, -0.2) is 4.98 Å². The molecule has 0 radical (unpaired) electrons. The fraction of sp³-hybridized carbons (Fsp3) is 0.333. The third kappa shape index (κ3) is 3.63. The molecule has 19 heavy (non-hydrogen) atoms. The predicted octanol–water partition coefficient (Wildman–Crippen LogP) is 3.76. The van der Waals surface area contributed by atoms with Gasteiger partial charge in [0.25, 0.3) is 0 Å². The summed E-state index contributed by atoms with van der Waals surface area (Å²) < 4.78 is 0. The number of aryl methyl sites for hydroxylation is 1. The van der Waals surface area contributed by atoms with E-state index in [4.69, 9.17) is 5.26 Å². The summed E-state index contributed by atoms with van der Waals surface area (Å²) in [4.78, 5) is 5.60. The van der Waals surface area contributed by atoms with E-state index in [1.54, 1.807) is 11.3 Å². The highest BCUT2D eigenvalue weighted by atomic mass is 32.1. The van der Waals surface area contributed by atoms with E-state index in [-0.39, 0.29) is 12.1 Å². The zero-order chi connectivity index (χ0) is 13.7. The smallest absolute Gasteiger partial charge is 0.109 e. The van der Waals surface area contributed by atoms with E-state index in [2.05, 4.69) is 42.4 Å². The molecule has 2 unspecified atom stereocenters. The van der Waals surface area contributed by atoms with Gasteiger partial charge in [-0.15, -0.1) is 11.3 Å². The molecule has 3 nitrogen and oxygen atoms in total. The monoisotopic (exact) mass is 271 g/mol. The van der Waals surface area contributed by atoms with Gasteiger partial charge in [0.2, 0.25) is 0 Å². The Hall–Kier alpha value is -1.70. The van der Waals surface area contributed by atoms with Gasteiger partial charge in [-0.05, 0) is 19.4 Å². The van der Waals surface area contributed by atoms with Gasteiger partial charge < -0.3 is 5.32 Å². The Balaban J connectivity index is 2.11. The topological polar surface area (TPSA) is 48.7 Å². The molecular formula is C15H17N3S. The highest BCUT2D eigenvalue weighted by molar-refractivity contribution is 7.11. The quantitative estimate of drug-likeness (QED) is 0.900. The molecule has 0 fully saturated rings. The molecule has 0 amide bonds. The number of aromatic nitrogens is 1. The van der Waals surface area contributed by atoms with Crippen molar-refractivity contribution in [1.82, 2.24) is 10.3 Å². The normalized spacial score (nSPS) is 13.7. The van der Waals surface area contributed by atoms with Gasteiger partial charge in [-0.2, -0.15) is 5.26 Å². The van der Waals surface area contributed by atoms with Crippen LogP contribution in [0.2, 0.25) is 0 Å². The molecular weight excluding hydrogens is 254 g/mol. The maximum atomic E-state index is 8.98. The van der Waals surface area contributed by atoms with E-state index in [0.29, 0.717) is 6.42 Å². The standard InChI is InChI=1S/C15H17N3S/c1-11-10-17-15(19-11)12(2)18-14(8-9-16)13-6-4-3-5-7-13/h3-7,10,12,14,18H,8H2,1-2H3. The number of nitriles is 1. The SMILES string of the molecule is Cc1cnc(C(C)NC(CC#N)c2ccccc2)s1. The van der Waals surface area contributed by atoms with Crippen molar-refractivity contribution in [1.29, 1.82) is 5.26 Å². The molecule has 2 aromatic rings. The molecule has 0 aliphatic rings. The molecule has 0 spiro atoms. The van der Waals surface area contributed by atoms with E-state index < -0.39 is 0 Å². The van der Waals surface area contributed by atoms with Gasteiger partial charge in [-0.25, -0.2) is 4.98 Å². The second kappa shape index (κ2) is 6.46. The Kier molecular flexibility index (Phi) is 4.67. The van der Waals surface area contributed by atoms with Gasteiger partial charge in [-0.1, -0.05) is 30.3 Å². The van der Waals surface area contributed by atoms with Crippen LogP contribution in [0.15, 0.2) is 36.5 Å². The van der Waals surface area contributed by atoms with Crippen LogP contribution in [0.4, 0.5) is 0 Å². The summed E-state index contributed by atoms with van der Waals surface area (Å²) >= 11 is 1.69. The van der Waals surface area contributed by atoms with Gasteiger partial charge in [-0.3, -0.25) is 0 Å². The first-order chi connectivity index (χ1) is 9.20. The van der Waals surface area contributed by atoms with E-state index in [1.807, 2.05) is 24.4 Å². The molecule has 0 aliphatic carbocycles. The van der Waals surface area contributed by atoms with Crippen molar-refractivity contribution in [3.8, 4) is 6.07 Å². The zero-order valence-corrected chi connectivity index (χ0v) is 11.9. The van der Waals surface area contributed by atoms with Gasteiger partial charge in [0.05, 0.1) is 18.5 Å². The maximum Gasteiger partial charge on any atom is 0.109 e. The van der Waals surface area contributed by atoms with Crippen LogP contribution in [0.1, 0.15) is 40.9 Å². The summed E-state index contributed by atoms with van der Waals surface area (Å²) in [6.45, 7) is 4.14. The van der Waals surface area contributed by atoms with Crippen LogP contribution in [0.25, 0.3) is 0 Å². The first kappa shape index (κ1) is 13.7. The Morgan fingerprint density at radius 1 is 1.37 bits per heavy atom. The Bertz CT molecular complexity index is 556. The second-order valence-corrected chi connectivity index (χ2v) is 5.79. The number of nitrogens with one attached hydrogen (secondary N) is 1. The number of thiazole rings is 1. The largest absolute Gasteiger partial charge is 0.300 e. The summed E-state index contributed by atoms with van der Waals surface area (Å²) in [5, 5.41) is 13.5. The fourth-order valence-corrected chi connectivity index (χ4v) is 2.78. The van der Waals surface area contributed by atoms with Crippen LogP contribution >= 0.6 is 11.3 Å². The number of nitrogens with zero attached hydrogens (tertiary/aromatic N) is 2. The number of rotatable bonds is 5. The lowest BCUT2D eigenvalue weighted by molar-refractivity contribution is 0.471. The lowest BCUT2D eigenvalue weighted by atomic mass is 10.0. The molecule has 98 valence electrons. The average Bonchev–Trinajstić information content (AvgIpc) is 2.86. The van der Waals surface area contributed by atoms with Crippen molar-refractivity contribution >= 4 is 11.3 Å². The van der Waals surface area contributed by atoms with E-state index >= 15 is 0 Å². The van der Waals surface area contributed by atoms with Crippen molar-refractivity contribution < 1.29 is 0 Å². The summed E-state index contributed by atoms with van der Waals surface area (Å²) in [5.41, 5.74) is 1.14. The minimum Gasteiger partial charge on any atom is -0.300 e. The van der Waals surface area contributed by atoms with Crippen molar-refractivity contribution in [2.75, 3.05) is 0 Å². The van der Waals surface area contributed by atoms with Crippen LogP contribution in [-0.2, 0) is 0 Å². The highest BCUT2D eigenvalue weighted by Crippen LogP contribution is 2.24. The van der Waals surface area contributed by atoms with Crippen molar-refractivity contribution in [2.24, 2.45) is 0 Å². The Morgan fingerprint density at radius 3 is 2.68 bits per heavy atom. The minimum atomic E-state index is 0.0467. The summed E-state index contributed by atoms with van der Waals surface area (Å²) in [6, 6.07) is 12.5. The molecule has 0 bridgehead atoms. The predicted molar refractivity (Wildman–Crippen MR) is 77.8 cm³/mol. The van der Waals surface area contributed by atoms with Crippen LogP contribution in [0.5, 0.6) is 0 Å². The molecule has 2 rings (SSSR count). The van der Waals surface area contributed by atoms with Crippen LogP contribution in [0, 0.1) is 18.3 Å². The highest BCUT2D eigenvalue weighted by Gasteiger charge is 2.16. The van der Waals surface area contributed by atoms with Gasteiger partial charge in [0, 0.05) is 17.1 Å². The van der Waals surface area contributed by atoms with Gasteiger partial charge >= 0.3 is 0 Å². The lowest BCUT2D eigenvalue weighted by Gasteiger charge is -2.20. The Morgan fingerprint density at radius 2 is 2.11 bits per heavy atom. The summed E-state index contributed by atoms with van der Waals surface area (Å²) in [7, 11) is 0. The second-order valence-electron chi connectivity index (χ2n) is 4.52. The van der Waals surface area contributed by atoms with Crippen LogP contribution in [0.3, 0.4) is 0 Å². The summed E-state index contributed by atoms with van der Waals surface area (Å²) in [6.07, 6.45) is 2.35. The van der Waals surface area contributed by atoms with Gasteiger partial charge in [0.15, 0.2) is 0 Å². The van der Waals surface area contributed by atoms with E-state index in [0.717, 1.165) is 10.6 Å². The van der Waals surface area contributed by atoms with Crippen molar-refractivity contribution in [3.63, 3.8) is 0 Å². The fourth-order valence-electron chi connectivity index (χ4n) is 2.00. The van der Waals surface area contributed by atoms with Crippen molar-refractivity contribution in [2.45, 2.75) is 32.4 Å². The molecule has 1 aromatic carbocycles. The number of hydrogen-bond donors (Lipinski definition) is 1. The molecule has 0 aliphatic heterocycles. The zero-order valence-electron chi connectivity index (χ0n) is 11.1. The third-order valence-electron chi connectivity index (χ3n) is 2.96. The first-order valence-electron chi connectivity index (χ1n) is 6.31. The minimum absolute atomic E-state index is 0.0467. The van der Waals surface area contributed by atoms with Crippen LogP contribution < -0.4 is 5.32 Å². The summed E-state index contributed by atoms with van der Waals surface area (Å²) in [5.74, 6) is 0. The maximum absolute atomic E-state index is 8.98. The Labute approximate surface area is 117 Å². The molecule has 1 aromatic heterocycles. The van der Waals surface area contributed by atoms with Crippen molar-refractivity contribution in [3.05, 3.63) is 52.0 Å². The molecule has 4 heteroatoms. The number of hydrogen-bond acceptors (Lipinski definition) is 4. The molecule has 1 N–H and O–H groups in total. The van der Waals surface area contributed by atoms with Gasteiger partial charge in [0.1, 0.15) is 5.01 Å². The third-order valence-corrected chi connectivity index (χ3v) is 4.05. The van der Waals surface area contributed by atoms with E-state index in [9.17, 15) is 0 Å². The number of benzene rings is 1. The molecule has 2 atom stereocenters. The van der Waals surface area contributed by atoms with E-state index in [1.165, 1.54) is 4.88 Å². The average molecular weight is 271 g/mol. The lowest BCUT2D eigenvalue weighted by Crippen LogP contribution is -2.24. The molecule has 0 saturated carbocycles. The first-order valence-corrected chi connectivity index (χ1v) is 7.12. The molecule has 1 heterocycles.